The van der Waals surface area contributed by atoms with E-state index in [9.17, 15) is 9.59 Å². The zero-order chi connectivity index (χ0) is 27.5. The second kappa shape index (κ2) is 11.5. The molecule has 3 aliphatic heterocycles. The van der Waals surface area contributed by atoms with E-state index in [1.165, 1.54) is 5.56 Å². The summed E-state index contributed by atoms with van der Waals surface area (Å²) in [7, 11) is 0. The fourth-order valence-electron chi connectivity index (χ4n) is 5.97. The van der Waals surface area contributed by atoms with E-state index in [2.05, 4.69) is 37.9 Å². The first-order valence-corrected chi connectivity index (χ1v) is 14.1. The van der Waals surface area contributed by atoms with Crippen molar-refractivity contribution in [3.05, 3.63) is 65.9 Å². The maximum absolute atomic E-state index is 13.3. The van der Waals surface area contributed by atoms with Gasteiger partial charge in [-0.1, -0.05) is 30.3 Å². The molecule has 208 valence electrons. The first kappa shape index (κ1) is 26.0. The number of nitrogens with one attached hydrogen (secondary N) is 2. The molecule has 4 N–H and O–H groups in total. The lowest BCUT2D eigenvalue weighted by atomic mass is 9.90. The Hall–Kier alpha value is -4.25. The zero-order valence-electron chi connectivity index (χ0n) is 22.5. The Labute approximate surface area is 233 Å². The number of carbonyl (C=O) groups excluding carboxylic acids is 2. The number of primary amides is 1. The highest BCUT2D eigenvalue weighted by atomic mass is 16.2. The minimum Gasteiger partial charge on any atom is -0.364 e. The first-order chi connectivity index (χ1) is 19.6. The van der Waals surface area contributed by atoms with Crippen LogP contribution in [0.2, 0.25) is 0 Å². The highest BCUT2D eigenvalue weighted by molar-refractivity contribution is 5.96. The Bertz CT molecular complexity index is 1350. The molecule has 6 rings (SSSR count). The van der Waals surface area contributed by atoms with Gasteiger partial charge in [-0.25, -0.2) is 4.79 Å². The largest absolute Gasteiger partial charge is 0.364 e. The van der Waals surface area contributed by atoms with Gasteiger partial charge >= 0.3 is 6.03 Å². The van der Waals surface area contributed by atoms with Gasteiger partial charge in [0.1, 0.15) is 0 Å². The van der Waals surface area contributed by atoms with Gasteiger partial charge in [-0.2, -0.15) is 4.98 Å². The lowest BCUT2D eigenvalue weighted by Crippen LogP contribution is -2.50. The number of amides is 3. The Morgan fingerprint density at radius 1 is 0.950 bits per heavy atom. The lowest BCUT2D eigenvalue weighted by Gasteiger charge is -2.37. The molecule has 1 atom stereocenters. The Kier molecular flexibility index (Phi) is 7.45. The molecule has 40 heavy (non-hydrogen) atoms. The van der Waals surface area contributed by atoms with Gasteiger partial charge in [-0.05, 0) is 74.5 Å². The molecule has 0 saturated carbocycles. The van der Waals surface area contributed by atoms with Crippen LogP contribution in [-0.4, -0.2) is 77.3 Å². The number of urea groups is 1. The number of hydrogen-bond acceptors (Lipinski definition) is 8. The summed E-state index contributed by atoms with van der Waals surface area (Å²) >= 11 is 0. The average molecular weight is 542 g/mol. The van der Waals surface area contributed by atoms with Crippen molar-refractivity contribution in [1.29, 1.82) is 0 Å². The molecule has 3 saturated heterocycles. The van der Waals surface area contributed by atoms with Gasteiger partial charge in [-0.15, -0.1) is 10.2 Å². The van der Waals surface area contributed by atoms with E-state index in [0.29, 0.717) is 31.5 Å². The van der Waals surface area contributed by atoms with Crippen LogP contribution in [0.1, 0.15) is 47.7 Å². The normalized spacial score (nSPS) is 20.1. The molecule has 11 heteroatoms. The zero-order valence-corrected chi connectivity index (χ0v) is 22.5. The van der Waals surface area contributed by atoms with Crippen LogP contribution in [0.4, 0.5) is 27.9 Å². The Balaban J connectivity index is 1.17. The summed E-state index contributed by atoms with van der Waals surface area (Å²) in [6.07, 6.45) is 4.05. The molecule has 1 aromatic heterocycles. The molecule has 1 unspecified atom stereocenters. The maximum Gasteiger partial charge on any atom is 0.324 e. The SMILES string of the molecule is NC(=O)c1nnc(N2CCCC(N3CCN(c4ccccc4)C3=O)C2)nc1Nc1ccc(C2CCNCC2)cc1. The van der Waals surface area contributed by atoms with Crippen LogP contribution in [0.15, 0.2) is 54.6 Å². The molecular formula is C29H35N9O2. The number of nitrogens with zero attached hydrogens (tertiary/aromatic N) is 6. The maximum atomic E-state index is 13.3. The number of anilines is 4. The molecule has 3 aliphatic rings. The number of hydrogen-bond donors (Lipinski definition) is 3. The summed E-state index contributed by atoms with van der Waals surface area (Å²) in [6, 6.07) is 18.1. The standard InChI is InChI=1S/C29H35N9O2/c30-26(39)25-27(32-22-10-8-20(9-11-22)21-12-14-31-15-13-21)33-28(35-34-25)36-16-4-7-24(19-36)38-18-17-37(29(38)40)23-5-2-1-3-6-23/h1-3,5-6,8-11,21,24,31H,4,7,12-19H2,(H2,30,39)(H,32,33,35). The summed E-state index contributed by atoms with van der Waals surface area (Å²) < 4.78 is 0. The Morgan fingerprint density at radius 2 is 1.73 bits per heavy atom. The van der Waals surface area contributed by atoms with Crippen molar-refractivity contribution in [3.8, 4) is 0 Å². The van der Waals surface area contributed by atoms with Crippen molar-refractivity contribution >= 4 is 35.1 Å². The molecule has 2 aromatic carbocycles. The highest BCUT2D eigenvalue weighted by Gasteiger charge is 2.37. The van der Waals surface area contributed by atoms with Crippen LogP contribution in [0.5, 0.6) is 0 Å². The third kappa shape index (κ3) is 5.42. The summed E-state index contributed by atoms with van der Waals surface area (Å²) in [4.78, 5) is 35.9. The number of aromatic nitrogens is 3. The van der Waals surface area contributed by atoms with Crippen LogP contribution in [0, 0.1) is 0 Å². The van der Waals surface area contributed by atoms with E-state index in [1.54, 1.807) is 0 Å². The second-order valence-electron chi connectivity index (χ2n) is 10.6. The molecular weight excluding hydrogens is 506 g/mol. The molecule has 3 fully saturated rings. The molecule has 0 bridgehead atoms. The molecule has 3 aromatic rings. The number of carbonyl (C=O) groups is 2. The predicted octanol–water partition coefficient (Wildman–Crippen LogP) is 3.09. The molecule has 0 radical (unpaired) electrons. The van der Waals surface area contributed by atoms with E-state index in [-0.39, 0.29) is 23.6 Å². The van der Waals surface area contributed by atoms with Crippen molar-refractivity contribution in [1.82, 2.24) is 25.4 Å². The van der Waals surface area contributed by atoms with Crippen molar-refractivity contribution in [2.24, 2.45) is 5.73 Å². The van der Waals surface area contributed by atoms with Crippen LogP contribution in [-0.2, 0) is 0 Å². The van der Waals surface area contributed by atoms with Crippen molar-refractivity contribution in [2.45, 2.75) is 37.6 Å². The van der Waals surface area contributed by atoms with Crippen LogP contribution in [0.25, 0.3) is 0 Å². The lowest BCUT2D eigenvalue weighted by molar-refractivity contribution is 0.0995. The van der Waals surface area contributed by atoms with Crippen LogP contribution >= 0.6 is 0 Å². The number of nitrogens with two attached hydrogens (primary N) is 1. The number of piperidine rings is 2. The van der Waals surface area contributed by atoms with E-state index in [0.717, 1.165) is 56.7 Å². The second-order valence-corrected chi connectivity index (χ2v) is 10.6. The number of rotatable bonds is 7. The van der Waals surface area contributed by atoms with Gasteiger partial charge in [0.2, 0.25) is 5.95 Å². The Morgan fingerprint density at radius 3 is 2.48 bits per heavy atom. The highest BCUT2D eigenvalue weighted by Crippen LogP contribution is 2.29. The number of benzene rings is 2. The molecule has 0 spiro atoms. The summed E-state index contributed by atoms with van der Waals surface area (Å²) in [6.45, 7) is 4.74. The van der Waals surface area contributed by atoms with Crippen LogP contribution < -0.4 is 26.2 Å². The van der Waals surface area contributed by atoms with Crippen molar-refractivity contribution in [2.75, 3.05) is 54.4 Å². The van der Waals surface area contributed by atoms with E-state index >= 15 is 0 Å². The molecule has 0 aliphatic carbocycles. The predicted molar refractivity (Wildman–Crippen MR) is 154 cm³/mol. The van der Waals surface area contributed by atoms with Crippen LogP contribution in [0.3, 0.4) is 0 Å². The van der Waals surface area contributed by atoms with Crippen molar-refractivity contribution < 1.29 is 9.59 Å². The molecule has 4 heterocycles. The quantitative estimate of drug-likeness (QED) is 0.416. The summed E-state index contributed by atoms with van der Waals surface area (Å²) in [5.41, 5.74) is 8.63. The van der Waals surface area contributed by atoms with E-state index < -0.39 is 5.91 Å². The molecule has 3 amide bonds. The van der Waals surface area contributed by atoms with Gasteiger partial charge in [0, 0.05) is 37.6 Å². The average Bonchev–Trinajstić information content (AvgIpc) is 3.39. The molecule has 11 nitrogen and oxygen atoms in total. The number of para-hydroxylation sites is 1. The van der Waals surface area contributed by atoms with E-state index in [4.69, 9.17) is 5.73 Å². The topological polar surface area (TPSA) is 133 Å². The van der Waals surface area contributed by atoms with Gasteiger partial charge in [-0.3, -0.25) is 9.69 Å². The first-order valence-electron chi connectivity index (χ1n) is 14.1. The van der Waals surface area contributed by atoms with Gasteiger partial charge in [0.15, 0.2) is 11.5 Å². The van der Waals surface area contributed by atoms with Gasteiger partial charge < -0.3 is 26.2 Å². The third-order valence-corrected chi connectivity index (χ3v) is 8.12. The summed E-state index contributed by atoms with van der Waals surface area (Å²) in [5, 5.41) is 15.0. The fourth-order valence-corrected chi connectivity index (χ4v) is 5.97. The minimum absolute atomic E-state index is 0.00651. The third-order valence-electron chi connectivity index (χ3n) is 8.12. The summed E-state index contributed by atoms with van der Waals surface area (Å²) in [5.74, 6) is 0.551. The van der Waals surface area contributed by atoms with E-state index in [1.807, 2.05) is 57.2 Å². The van der Waals surface area contributed by atoms with Crippen molar-refractivity contribution in [3.63, 3.8) is 0 Å². The fraction of sp³-hybridized carbons (Fsp3) is 0.414. The van der Waals surface area contributed by atoms with Gasteiger partial charge in [0.05, 0.1) is 6.04 Å². The van der Waals surface area contributed by atoms with Gasteiger partial charge in [0.25, 0.3) is 5.91 Å². The monoisotopic (exact) mass is 541 g/mol. The minimum atomic E-state index is -0.694. The smallest absolute Gasteiger partial charge is 0.324 e.